The smallest absolute Gasteiger partial charge is 0.128 e. The number of nitrogens with zero attached hydrogens (tertiary/aromatic N) is 2. The highest BCUT2D eigenvalue weighted by Crippen LogP contribution is 2.28. The monoisotopic (exact) mass is 269 g/mol. The van der Waals surface area contributed by atoms with Crippen LogP contribution in [0.2, 0.25) is 0 Å². The second kappa shape index (κ2) is 3.76. The average Bonchev–Trinajstić information content (AvgIpc) is 2.18. The summed E-state index contributed by atoms with van der Waals surface area (Å²) in [5.41, 5.74) is 7.34. The van der Waals surface area contributed by atoms with E-state index in [1.165, 1.54) is 5.56 Å². The number of nitrogens with two attached hydrogens (primary N) is 1. The van der Waals surface area contributed by atoms with Crippen LogP contribution in [0.5, 0.6) is 0 Å². The summed E-state index contributed by atoms with van der Waals surface area (Å²) in [6.07, 6.45) is 2.88. The Morgan fingerprint density at radius 1 is 1.60 bits per heavy atom. The molecule has 2 heterocycles. The van der Waals surface area contributed by atoms with Crippen molar-refractivity contribution in [3.8, 4) is 0 Å². The van der Waals surface area contributed by atoms with Crippen LogP contribution in [0.15, 0.2) is 16.7 Å². The van der Waals surface area contributed by atoms with Crippen LogP contribution in [-0.2, 0) is 0 Å². The normalized spacial score (nSPS) is 18.8. The highest BCUT2D eigenvalue weighted by molar-refractivity contribution is 9.10. The molecule has 0 aromatic carbocycles. The first kappa shape index (κ1) is 10.9. The van der Waals surface area contributed by atoms with Gasteiger partial charge in [0.05, 0.1) is 5.54 Å². The lowest BCUT2D eigenvalue weighted by Gasteiger charge is -2.48. The lowest BCUT2D eigenvalue weighted by molar-refractivity contribution is 0.320. The number of aromatic nitrogens is 1. The van der Waals surface area contributed by atoms with Gasteiger partial charge in [0.2, 0.25) is 0 Å². The van der Waals surface area contributed by atoms with Crippen molar-refractivity contribution in [1.29, 1.82) is 0 Å². The predicted molar refractivity (Wildman–Crippen MR) is 66.1 cm³/mol. The molecule has 2 rings (SSSR count). The van der Waals surface area contributed by atoms with E-state index in [-0.39, 0.29) is 5.54 Å². The summed E-state index contributed by atoms with van der Waals surface area (Å²) in [6.45, 7) is 6.04. The van der Waals surface area contributed by atoms with E-state index < -0.39 is 0 Å². The Balaban J connectivity index is 2.10. The van der Waals surface area contributed by atoms with E-state index in [9.17, 15) is 0 Å². The fourth-order valence-electron chi connectivity index (χ4n) is 1.80. The zero-order valence-corrected chi connectivity index (χ0v) is 10.7. The van der Waals surface area contributed by atoms with Crippen LogP contribution in [0, 0.1) is 6.92 Å². The van der Waals surface area contributed by atoms with Gasteiger partial charge in [0.25, 0.3) is 0 Å². The number of rotatable bonds is 2. The Kier molecular flexibility index (Phi) is 2.73. The number of hydrogen-bond donors (Lipinski definition) is 1. The van der Waals surface area contributed by atoms with Crippen molar-refractivity contribution in [3.05, 3.63) is 22.3 Å². The maximum Gasteiger partial charge on any atom is 0.128 e. The quantitative estimate of drug-likeness (QED) is 0.894. The highest BCUT2D eigenvalue weighted by atomic mass is 79.9. The molecule has 15 heavy (non-hydrogen) atoms. The van der Waals surface area contributed by atoms with E-state index in [0.29, 0.717) is 0 Å². The average molecular weight is 270 g/mol. The molecule has 0 bridgehead atoms. The van der Waals surface area contributed by atoms with Crippen LogP contribution >= 0.6 is 15.9 Å². The number of anilines is 1. The van der Waals surface area contributed by atoms with Gasteiger partial charge in [0.15, 0.2) is 0 Å². The molecule has 1 fully saturated rings. The molecular weight excluding hydrogens is 254 g/mol. The van der Waals surface area contributed by atoms with Gasteiger partial charge in [-0.05, 0) is 40.9 Å². The fourth-order valence-corrected chi connectivity index (χ4v) is 2.01. The zero-order chi connectivity index (χ0) is 11.1. The van der Waals surface area contributed by atoms with Crippen molar-refractivity contribution in [2.75, 3.05) is 18.0 Å². The first-order valence-corrected chi connectivity index (χ1v) is 5.99. The van der Waals surface area contributed by atoms with Gasteiger partial charge in [-0.15, -0.1) is 0 Å². The molecule has 0 aliphatic carbocycles. The predicted octanol–water partition coefficient (Wildman–Crippen LogP) is 2.08. The van der Waals surface area contributed by atoms with E-state index >= 15 is 0 Å². The van der Waals surface area contributed by atoms with E-state index in [2.05, 4.69) is 45.7 Å². The van der Waals surface area contributed by atoms with Gasteiger partial charge < -0.3 is 10.6 Å². The largest absolute Gasteiger partial charge is 0.353 e. The van der Waals surface area contributed by atoms with Gasteiger partial charge in [0, 0.05) is 23.8 Å². The number of hydrogen-bond acceptors (Lipinski definition) is 3. The third kappa shape index (κ3) is 2.01. The number of halogens is 1. The lowest BCUT2D eigenvalue weighted by atomic mass is 9.88. The summed E-state index contributed by atoms with van der Waals surface area (Å²) in [5.74, 6) is 1.03. The van der Waals surface area contributed by atoms with Crippen molar-refractivity contribution in [2.24, 2.45) is 5.73 Å². The Morgan fingerprint density at radius 2 is 2.27 bits per heavy atom. The van der Waals surface area contributed by atoms with Gasteiger partial charge in [0.1, 0.15) is 5.82 Å². The second-order valence-electron chi connectivity index (χ2n) is 4.36. The second-order valence-corrected chi connectivity index (χ2v) is 5.22. The molecule has 0 radical (unpaired) electrons. The summed E-state index contributed by atoms with van der Waals surface area (Å²) >= 11 is 3.45. The maximum absolute atomic E-state index is 6.12. The van der Waals surface area contributed by atoms with Gasteiger partial charge in [-0.1, -0.05) is 6.92 Å². The first-order chi connectivity index (χ1) is 7.04. The molecule has 1 aromatic rings. The van der Waals surface area contributed by atoms with E-state index in [4.69, 9.17) is 5.73 Å². The van der Waals surface area contributed by atoms with Crippen molar-refractivity contribution in [1.82, 2.24) is 4.98 Å². The highest BCUT2D eigenvalue weighted by Gasteiger charge is 2.38. The van der Waals surface area contributed by atoms with Gasteiger partial charge in [-0.25, -0.2) is 4.98 Å². The molecule has 0 amide bonds. The molecular formula is C11H16BrN3. The van der Waals surface area contributed by atoms with Gasteiger partial charge in [-0.3, -0.25) is 0 Å². The summed E-state index contributed by atoms with van der Waals surface area (Å²) in [5, 5.41) is 0. The van der Waals surface area contributed by atoms with E-state index in [1.54, 1.807) is 0 Å². The Hall–Kier alpha value is -0.610. The zero-order valence-electron chi connectivity index (χ0n) is 9.13. The van der Waals surface area contributed by atoms with Crippen LogP contribution in [0.4, 0.5) is 5.82 Å². The molecule has 1 aliphatic heterocycles. The minimum absolute atomic E-state index is 0.00264. The molecule has 1 aliphatic rings. The molecule has 1 saturated heterocycles. The molecule has 0 unspecified atom stereocenters. The summed E-state index contributed by atoms with van der Waals surface area (Å²) in [6, 6.07) is 2.10. The van der Waals surface area contributed by atoms with Gasteiger partial charge in [-0.2, -0.15) is 0 Å². The minimum Gasteiger partial charge on any atom is -0.353 e. The molecule has 3 nitrogen and oxygen atoms in total. The topological polar surface area (TPSA) is 42.1 Å². The summed E-state index contributed by atoms with van der Waals surface area (Å²) in [7, 11) is 0. The Labute approximate surface area is 98.8 Å². The third-order valence-corrected chi connectivity index (χ3v) is 3.90. The molecule has 0 saturated carbocycles. The van der Waals surface area contributed by atoms with Crippen LogP contribution < -0.4 is 10.6 Å². The van der Waals surface area contributed by atoms with Gasteiger partial charge >= 0.3 is 0 Å². The molecule has 2 N–H and O–H groups in total. The van der Waals surface area contributed by atoms with Crippen LogP contribution in [-0.4, -0.2) is 23.6 Å². The lowest BCUT2D eigenvalue weighted by Crippen LogP contribution is -2.67. The molecule has 4 heteroatoms. The Bertz CT molecular complexity index is 372. The standard InChI is InChI=1S/C11H16BrN3/c1-3-11(13)6-15(7-11)10-4-8(2)9(12)5-14-10/h4-5H,3,6-7,13H2,1-2H3. The fraction of sp³-hybridized carbons (Fsp3) is 0.545. The van der Waals surface area contributed by atoms with Crippen molar-refractivity contribution >= 4 is 21.7 Å². The van der Waals surface area contributed by atoms with Crippen LogP contribution in [0.1, 0.15) is 18.9 Å². The molecule has 0 atom stereocenters. The van der Waals surface area contributed by atoms with Crippen molar-refractivity contribution < 1.29 is 0 Å². The van der Waals surface area contributed by atoms with E-state index in [0.717, 1.165) is 29.8 Å². The summed E-state index contributed by atoms with van der Waals surface area (Å²) < 4.78 is 1.06. The third-order valence-electron chi connectivity index (χ3n) is 3.07. The van der Waals surface area contributed by atoms with Crippen molar-refractivity contribution in [2.45, 2.75) is 25.8 Å². The van der Waals surface area contributed by atoms with E-state index in [1.807, 2.05) is 6.20 Å². The molecule has 82 valence electrons. The van der Waals surface area contributed by atoms with Crippen molar-refractivity contribution in [3.63, 3.8) is 0 Å². The number of aryl methyl sites for hydroxylation is 1. The molecule has 0 spiro atoms. The molecule has 1 aromatic heterocycles. The number of pyridine rings is 1. The van der Waals surface area contributed by atoms with Crippen LogP contribution in [0.3, 0.4) is 0 Å². The maximum atomic E-state index is 6.12. The Morgan fingerprint density at radius 3 is 2.80 bits per heavy atom. The minimum atomic E-state index is 0.00264. The van der Waals surface area contributed by atoms with Crippen LogP contribution in [0.25, 0.3) is 0 Å². The SMILES string of the molecule is CCC1(N)CN(c2cc(C)c(Br)cn2)C1. The first-order valence-electron chi connectivity index (χ1n) is 5.20. The summed E-state index contributed by atoms with van der Waals surface area (Å²) in [4.78, 5) is 6.61.